The molecule has 0 saturated carbocycles. The average molecular weight is 330 g/mol. The summed E-state index contributed by atoms with van der Waals surface area (Å²) >= 11 is 1.98. The average Bonchev–Trinajstić information content (AvgIpc) is 3.01. The van der Waals surface area contributed by atoms with Gasteiger partial charge in [0, 0.05) is 37.2 Å². The van der Waals surface area contributed by atoms with Gasteiger partial charge in [0.2, 0.25) is 0 Å². The highest BCUT2D eigenvalue weighted by molar-refractivity contribution is 7.99. The smallest absolute Gasteiger partial charge is 0.251 e. The van der Waals surface area contributed by atoms with Crippen molar-refractivity contribution in [1.82, 2.24) is 10.2 Å². The minimum atomic E-state index is -0.0464. The number of carbonyl (C=O) groups excluding carboxylic acids is 1. The Hall–Kier alpha value is -1.72. The van der Waals surface area contributed by atoms with Gasteiger partial charge in [0.1, 0.15) is 11.5 Å². The molecule has 2 heterocycles. The minimum Gasteiger partial charge on any atom is -0.465 e. The van der Waals surface area contributed by atoms with Crippen LogP contribution < -0.4 is 5.32 Å². The van der Waals surface area contributed by atoms with E-state index in [0.29, 0.717) is 11.6 Å². The molecule has 122 valence electrons. The summed E-state index contributed by atoms with van der Waals surface area (Å²) in [7, 11) is 1.65. The van der Waals surface area contributed by atoms with Gasteiger partial charge in [-0.15, -0.1) is 0 Å². The fourth-order valence-electron chi connectivity index (χ4n) is 2.86. The molecular formula is C18H22N2O2S. The van der Waals surface area contributed by atoms with E-state index in [0.717, 1.165) is 36.1 Å². The molecule has 1 aromatic carbocycles. The number of carbonyl (C=O) groups is 1. The topological polar surface area (TPSA) is 45.5 Å². The number of rotatable bonds is 4. The quantitative estimate of drug-likeness (QED) is 0.935. The maximum atomic E-state index is 11.6. The van der Waals surface area contributed by atoms with Crippen LogP contribution in [0.5, 0.6) is 0 Å². The van der Waals surface area contributed by atoms with Crippen molar-refractivity contribution in [3.63, 3.8) is 0 Å². The predicted molar refractivity (Wildman–Crippen MR) is 93.8 cm³/mol. The number of benzene rings is 1. The van der Waals surface area contributed by atoms with E-state index in [1.807, 2.05) is 49.0 Å². The lowest BCUT2D eigenvalue weighted by Gasteiger charge is -2.34. The molecular weight excluding hydrogens is 308 g/mol. The number of hydrogen-bond donors (Lipinski definition) is 1. The van der Waals surface area contributed by atoms with Gasteiger partial charge >= 0.3 is 0 Å². The molecule has 2 aromatic rings. The van der Waals surface area contributed by atoms with Crippen molar-refractivity contribution in [3.05, 3.63) is 59.0 Å². The first-order valence-corrected chi connectivity index (χ1v) is 9.02. The molecule has 0 bridgehead atoms. The van der Waals surface area contributed by atoms with Crippen molar-refractivity contribution < 1.29 is 9.21 Å². The molecule has 0 unspecified atom stereocenters. The number of amides is 1. The zero-order chi connectivity index (χ0) is 16.2. The molecule has 1 aliphatic heterocycles. The number of thioether (sulfide) groups is 1. The number of nitrogens with one attached hydrogen (secondary N) is 1. The second kappa shape index (κ2) is 7.23. The Morgan fingerprint density at radius 3 is 2.74 bits per heavy atom. The largest absolute Gasteiger partial charge is 0.465 e. The minimum absolute atomic E-state index is 0.0464. The Kier molecular flexibility index (Phi) is 5.08. The second-order valence-electron chi connectivity index (χ2n) is 5.79. The SMILES string of the molecule is CNC(=O)c1ccc(CN2CCSC[C@@H]2c2ccc(C)o2)cc1. The highest BCUT2D eigenvalue weighted by Gasteiger charge is 2.26. The molecule has 1 aromatic heterocycles. The third-order valence-corrected chi connectivity index (χ3v) is 5.18. The molecule has 0 radical (unpaired) electrons. The van der Waals surface area contributed by atoms with Crippen molar-refractivity contribution in [2.45, 2.75) is 19.5 Å². The molecule has 4 nitrogen and oxygen atoms in total. The van der Waals surface area contributed by atoms with Gasteiger partial charge in [0.25, 0.3) is 5.91 Å². The van der Waals surface area contributed by atoms with Gasteiger partial charge in [-0.1, -0.05) is 12.1 Å². The maximum absolute atomic E-state index is 11.6. The lowest BCUT2D eigenvalue weighted by molar-refractivity contribution is 0.0963. The summed E-state index contributed by atoms with van der Waals surface area (Å²) in [4.78, 5) is 14.1. The van der Waals surface area contributed by atoms with Crippen LogP contribution >= 0.6 is 11.8 Å². The molecule has 23 heavy (non-hydrogen) atoms. The van der Waals surface area contributed by atoms with Crippen molar-refractivity contribution in [1.29, 1.82) is 0 Å². The predicted octanol–water partition coefficient (Wildman–Crippen LogP) is 3.24. The summed E-state index contributed by atoms with van der Waals surface area (Å²) in [5.74, 6) is 4.17. The highest BCUT2D eigenvalue weighted by atomic mass is 32.2. The maximum Gasteiger partial charge on any atom is 0.251 e. The number of nitrogens with zero attached hydrogens (tertiary/aromatic N) is 1. The standard InChI is InChI=1S/C18H22N2O2S/c1-13-3-8-17(22-13)16-12-23-10-9-20(16)11-14-4-6-15(7-5-14)18(21)19-2/h3-8,16H,9-12H2,1-2H3,(H,19,21)/t16-/m1/s1. The van der Waals surface area contributed by atoms with E-state index in [1.54, 1.807) is 7.05 Å². The first-order valence-electron chi connectivity index (χ1n) is 7.86. The van der Waals surface area contributed by atoms with Gasteiger partial charge in [-0.05, 0) is 36.8 Å². The zero-order valence-corrected chi connectivity index (χ0v) is 14.4. The zero-order valence-electron chi connectivity index (χ0n) is 13.5. The third-order valence-electron chi connectivity index (χ3n) is 4.16. The van der Waals surface area contributed by atoms with Gasteiger partial charge in [-0.25, -0.2) is 0 Å². The molecule has 1 aliphatic rings. The summed E-state index contributed by atoms with van der Waals surface area (Å²) < 4.78 is 5.85. The Balaban J connectivity index is 1.73. The molecule has 1 atom stereocenters. The Labute approximate surface area is 141 Å². The first-order chi connectivity index (χ1) is 11.2. The fourth-order valence-corrected chi connectivity index (χ4v) is 3.99. The van der Waals surface area contributed by atoms with Gasteiger partial charge in [0.05, 0.1) is 6.04 Å². The van der Waals surface area contributed by atoms with Crippen LogP contribution in [-0.4, -0.2) is 35.9 Å². The molecule has 1 N–H and O–H groups in total. The highest BCUT2D eigenvalue weighted by Crippen LogP contribution is 2.31. The van der Waals surface area contributed by atoms with Crippen LogP contribution in [0.1, 0.15) is 33.5 Å². The van der Waals surface area contributed by atoms with E-state index in [4.69, 9.17) is 4.42 Å². The Bertz CT molecular complexity index is 666. The summed E-state index contributed by atoms with van der Waals surface area (Å²) in [5.41, 5.74) is 1.92. The fraction of sp³-hybridized carbons (Fsp3) is 0.389. The number of hydrogen-bond acceptors (Lipinski definition) is 4. The van der Waals surface area contributed by atoms with Gasteiger partial charge in [0.15, 0.2) is 0 Å². The van der Waals surface area contributed by atoms with Crippen LogP contribution in [0, 0.1) is 6.92 Å². The number of aryl methyl sites for hydroxylation is 1. The van der Waals surface area contributed by atoms with Gasteiger partial charge in [-0.3, -0.25) is 9.69 Å². The first kappa shape index (κ1) is 16.1. The Morgan fingerprint density at radius 1 is 1.30 bits per heavy atom. The van der Waals surface area contributed by atoms with E-state index in [2.05, 4.69) is 16.3 Å². The van der Waals surface area contributed by atoms with Crippen molar-refractivity contribution in [2.24, 2.45) is 0 Å². The van der Waals surface area contributed by atoms with Crippen LogP contribution in [0.25, 0.3) is 0 Å². The van der Waals surface area contributed by atoms with Crippen molar-refractivity contribution in [3.8, 4) is 0 Å². The summed E-state index contributed by atoms with van der Waals surface area (Å²) in [6, 6.07) is 12.3. The van der Waals surface area contributed by atoms with Crippen LogP contribution in [0.15, 0.2) is 40.8 Å². The molecule has 1 amide bonds. The molecule has 0 spiro atoms. The third kappa shape index (κ3) is 3.79. The normalized spacial score (nSPS) is 18.8. The lowest BCUT2D eigenvalue weighted by atomic mass is 10.1. The summed E-state index contributed by atoms with van der Waals surface area (Å²) in [6.45, 7) is 3.91. The van der Waals surface area contributed by atoms with E-state index in [9.17, 15) is 4.79 Å². The van der Waals surface area contributed by atoms with Crippen molar-refractivity contribution in [2.75, 3.05) is 25.1 Å². The van der Waals surface area contributed by atoms with Crippen molar-refractivity contribution >= 4 is 17.7 Å². The molecule has 1 saturated heterocycles. The van der Waals surface area contributed by atoms with Crippen LogP contribution in [0.4, 0.5) is 0 Å². The molecule has 0 aliphatic carbocycles. The second-order valence-corrected chi connectivity index (χ2v) is 6.94. The monoisotopic (exact) mass is 330 g/mol. The van der Waals surface area contributed by atoms with Crippen LogP contribution in [0.3, 0.4) is 0 Å². The number of furan rings is 1. The van der Waals surface area contributed by atoms with E-state index in [1.165, 1.54) is 5.56 Å². The molecule has 1 fully saturated rings. The van der Waals surface area contributed by atoms with E-state index in [-0.39, 0.29) is 5.91 Å². The van der Waals surface area contributed by atoms with Crippen LogP contribution in [-0.2, 0) is 6.54 Å². The summed E-state index contributed by atoms with van der Waals surface area (Å²) in [5, 5.41) is 2.65. The molecule has 3 rings (SSSR count). The van der Waals surface area contributed by atoms with E-state index < -0.39 is 0 Å². The van der Waals surface area contributed by atoms with Crippen LogP contribution in [0.2, 0.25) is 0 Å². The van der Waals surface area contributed by atoms with Gasteiger partial charge in [-0.2, -0.15) is 11.8 Å². The molecule has 5 heteroatoms. The van der Waals surface area contributed by atoms with Gasteiger partial charge < -0.3 is 9.73 Å². The summed E-state index contributed by atoms with van der Waals surface area (Å²) in [6.07, 6.45) is 0. The Morgan fingerprint density at radius 2 is 2.09 bits per heavy atom. The lowest BCUT2D eigenvalue weighted by Crippen LogP contribution is -2.35. The van der Waals surface area contributed by atoms with E-state index >= 15 is 0 Å².